The van der Waals surface area contributed by atoms with Gasteiger partial charge in [0, 0.05) is 5.56 Å². The summed E-state index contributed by atoms with van der Waals surface area (Å²) in [5, 5.41) is 0. The van der Waals surface area contributed by atoms with Crippen LogP contribution in [-0.2, 0) is 6.42 Å². The molecule has 0 amide bonds. The molecule has 0 aliphatic rings. The van der Waals surface area contributed by atoms with Gasteiger partial charge < -0.3 is 4.74 Å². The van der Waals surface area contributed by atoms with E-state index in [2.05, 4.69) is 6.92 Å². The summed E-state index contributed by atoms with van der Waals surface area (Å²) in [5.41, 5.74) is 2.59. The number of benzene rings is 2. The van der Waals surface area contributed by atoms with E-state index in [1.807, 2.05) is 55.5 Å². The van der Waals surface area contributed by atoms with Crippen LogP contribution in [0.3, 0.4) is 0 Å². The molecule has 0 aliphatic heterocycles. The van der Waals surface area contributed by atoms with Crippen LogP contribution in [0.4, 0.5) is 0 Å². The summed E-state index contributed by atoms with van der Waals surface area (Å²) < 4.78 is 5.52. The minimum Gasteiger partial charge on any atom is -0.493 e. The molecule has 20 heavy (non-hydrogen) atoms. The van der Waals surface area contributed by atoms with Gasteiger partial charge in [0.25, 0.3) is 0 Å². The Hall–Kier alpha value is -2.09. The molecule has 0 N–H and O–H groups in total. The maximum absolute atomic E-state index is 12.5. The van der Waals surface area contributed by atoms with Crippen LogP contribution in [0.25, 0.3) is 0 Å². The lowest BCUT2D eigenvalue weighted by Crippen LogP contribution is -2.05. The standard InChI is InChI=1S/C18H20O2/c1-3-7-14-10-12-15(13-11-14)18(19)16-8-5-6-9-17(16)20-4-2/h5-6,8-13H,3-4,7H2,1-2H3. The first-order valence-corrected chi connectivity index (χ1v) is 7.11. The zero-order valence-electron chi connectivity index (χ0n) is 12.1. The summed E-state index contributed by atoms with van der Waals surface area (Å²) in [6.45, 7) is 4.62. The maximum Gasteiger partial charge on any atom is 0.196 e. The summed E-state index contributed by atoms with van der Waals surface area (Å²) >= 11 is 0. The molecule has 0 saturated carbocycles. The Bertz CT molecular complexity index is 570. The number of carbonyl (C=O) groups is 1. The molecule has 2 aromatic rings. The molecule has 2 rings (SSSR count). The Balaban J connectivity index is 2.26. The second-order valence-electron chi connectivity index (χ2n) is 4.71. The van der Waals surface area contributed by atoms with E-state index < -0.39 is 0 Å². The molecule has 0 heterocycles. The molecule has 2 heteroatoms. The van der Waals surface area contributed by atoms with Crippen LogP contribution >= 0.6 is 0 Å². The normalized spacial score (nSPS) is 10.3. The highest BCUT2D eigenvalue weighted by atomic mass is 16.5. The van der Waals surface area contributed by atoms with Gasteiger partial charge in [0.05, 0.1) is 12.2 Å². The number of ether oxygens (including phenoxy) is 1. The molecule has 2 aromatic carbocycles. The van der Waals surface area contributed by atoms with E-state index in [1.165, 1.54) is 5.56 Å². The summed E-state index contributed by atoms with van der Waals surface area (Å²) in [6.07, 6.45) is 2.16. The van der Waals surface area contributed by atoms with E-state index >= 15 is 0 Å². The summed E-state index contributed by atoms with van der Waals surface area (Å²) in [5.74, 6) is 0.662. The topological polar surface area (TPSA) is 26.3 Å². The number of rotatable bonds is 6. The van der Waals surface area contributed by atoms with E-state index in [9.17, 15) is 4.79 Å². The van der Waals surface area contributed by atoms with Crippen molar-refractivity contribution in [3.8, 4) is 5.75 Å². The smallest absolute Gasteiger partial charge is 0.196 e. The molecule has 2 nitrogen and oxygen atoms in total. The van der Waals surface area contributed by atoms with Gasteiger partial charge in [0.2, 0.25) is 0 Å². The van der Waals surface area contributed by atoms with E-state index in [0.29, 0.717) is 23.5 Å². The fourth-order valence-corrected chi connectivity index (χ4v) is 2.20. The highest BCUT2D eigenvalue weighted by Crippen LogP contribution is 2.22. The molecular weight excluding hydrogens is 248 g/mol. The highest BCUT2D eigenvalue weighted by Gasteiger charge is 2.13. The number of carbonyl (C=O) groups excluding carboxylic acids is 1. The molecule has 0 fully saturated rings. The van der Waals surface area contributed by atoms with Crippen molar-refractivity contribution in [1.29, 1.82) is 0 Å². The first-order chi connectivity index (χ1) is 9.76. The summed E-state index contributed by atoms with van der Waals surface area (Å²) in [7, 11) is 0. The Morgan fingerprint density at radius 3 is 2.35 bits per heavy atom. The number of hydrogen-bond donors (Lipinski definition) is 0. The number of aryl methyl sites for hydroxylation is 1. The van der Waals surface area contributed by atoms with E-state index in [4.69, 9.17) is 4.74 Å². The van der Waals surface area contributed by atoms with Crippen molar-refractivity contribution in [3.05, 3.63) is 65.2 Å². The average molecular weight is 268 g/mol. The van der Waals surface area contributed by atoms with E-state index in [-0.39, 0.29) is 5.78 Å². The molecule has 0 atom stereocenters. The van der Waals surface area contributed by atoms with Gasteiger partial charge in [0.1, 0.15) is 5.75 Å². The Morgan fingerprint density at radius 1 is 1.00 bits per heavy atom. The summed E-state index contributed by atoms with van der Waals surface area (Å²) in [6, 6.07) is 15.2. The van der Waals surface area contributed by atoms with Crippen LogP contribution in [0.1, 0.15) is 41.8 Å². The number of para-hydroxylation sites is 1. The first-order valence-electron chi connectivity index (χ1n) is 7.11. The van der Waals surface area contributed by atoms with Crippen LogP contribution in [0, 0.1) is 0 Å². The maximum atomic E-state index is 12.5. The zero-order valence-corrected chi connectivity index (χ0v) is 12.1. The second kappa shape index (κ2) is 6.90. The highest BCUT2D eigenvalue weighted by molar-refractivity contribution is 6.10. The summed E-state index contributed by atoms with van der Waals surface area (Å²) in [4.78, 5) is 12.5. The van der Waals surface area contributed by atoms with Gasteiger partial charge in [-0.2, -0.15) is 0 Å². The molecule has 0 saturated heterocycles. The molecular formula is C18H20O2. The van der Waals surface area contributed by atoms with Crippen molar-refractivity contribution in [2.45, 2.75) is 26.7 Å². The van der Waals surface area contributed by atoms with Crippen molar-refractivity contribution in [2.24, 2.45) is 0 Å². The molecule has 104 valence electrons. The quantitative estimate of drug-likeness (QED) is 0.731. The van der Waals surface area contributed by atoms with Gasteiger partial charge in [-0.05, 0) is 31.0 Å². The van der Waals surface area contributed by atoms with Crippen molar-refractivity contribution in [2.75, 3.05) is 6.61 Å². The minimum atomic E-state index is 0.0112. The van der Waals surface area contributed by atoms with Gasteiger partial charge in [-0.3, -0.25) is 4.79 Å². The van der Waals surface area contributed by atoms with Gasteiger partial charge in [-0.15, -0.1) is 0 Å². The SMILES string of the molecule is CCCc1ccc(C(=O)c2ccccc2OCC)cc1. The van der Waals surface area contributed by atoms with Crippen LogP contribution in [0.2, 0.25) is 0 Å². The fourth-order valence-electron chi connectivity index (χ4n) is 2.20. The van der Waals surface area contributed by atoms with Gasteiger partial charge in [0.15, 0.2) is 5.78 Å². The molecule has 0 unspecified atom stereocenters. The Morgan fingerprint density at radius 2 is 1.70 bits per heavy atom. The van der Waals surface area contributed by atoms with Gasteiger partial charge in [-0.25, -0.2) is 0 Å². The third-order valence-electron chi connectivity index (χ3n) is 3.19. The second-order valence-corrected chi connectivity index (χ2v) is 4.71. The zero-order chi connectivity index (χ0) is 14.4. The first kappa shape index (κ1) is 14.3. The molecule has 0 aromatic heterocycles. The van der Waals surface area contributed by atoms with Gasteiger partial charge in [-0.1, -0.05) is 49.7 Å². The lowest BCUT2D eigenvalue weighted by atomic mass is 10.0. The van der Waals surface area contributed by atoms with Crippen molar-refractivity contribution in [1.82, 2.24) is 0 Å². The molecule has 0 radical (unpaired) electrons. The lowest BCUT2D eigenvalue weighted by Gasteiger charge is -2.09. The number of ketones is 1. The monoisotopic (exact) mass is 268 g/mol. The molecule has 0 spiro atoms. The van der Waals surface area contributed by atoms with Gasteiger partial charge >= 0.3 is 0 Å². The third-order valence-corrected chi connectivity index (χ3v) is 3.19. The number of hydrogen-bond acceptors (Lipinski definition) is 2. The average Bonchev–Trinajstić information content (AvgIpc) is 2.49. The van der Waals surface area contributed by atoms with Crippen molar-refractivity contribution in [3.63, 3.8) is 0 Å². The fraction of sp³-hybridized carbons (Fsp3) is 0.278. The van der Waals surface area contributed by atoms with Crippen LogP contribution in [-0.4, -0.2) is 12.4 Å². The Labute approximate surface area is 120 Å². The Kier molecular flexibility index (Phi) is 4.94. The third kappa shape index (κ3) is 3.27. The lowest BCUT2D eigenvalue weighted by molar-refractivity contribution is 0.103. The van der Waals surface area contributed by atoms with Crippen LogP contribution in [0.15, 0.2) is 48.5 Å². The van der Waals surface area contributed by atoms with E-state index in [0.717, 1.165) is 12.8 Å². The van der Waals surface area contributed by atoms with E-state index in [1.54, 1.807) is 0 Å². The van der Waals surface area contributed by atoms with Crippen molar-refractivity contribution >= 4 is 5.78 Å². The minimum absolute atomic E-state index is 0.0112. The predicted octanol–water partition coefficient (Wildman–Crippen LogP) is 4.27. The largest absolute Gasteiger partial charge is 0.493 e. The predicted molar refractivity (Wildman–Crippen MR) is 81.5 cm³/mol. The van der Waals surface area contributed by atoms with Crippen molar-refractivity contribution < 1.29 is 9.53 Å². The molecule has 0 bridgehead atoms. The van der Waals surface area contributed by atoms with Crippen LogP contribution < -0.4 is 4.74 Å². The van der Waals surface area contributed by atoms with Crippen LogP contribution in [0.5, 0.6) is 5.75 Å². The molecule has 0 aliphatic carbocycles.